The lowest BCUT2D eigenvalue weighted by Crippen LogP contribution is -2.37. The van der Waals surface area contributed by atoms with Crippen molar-refractivity contribution in [3.05, 3.63) is 181 Å². The Kier molecular flexibility index (Phi) is 10.1. The van der Waals surface area contributed by atoms with Gasteiger partial charge in [0, 0.05) is 32.9 Å². The Morgan fingerprint density at radius 2 is 0.810 bits per heavy atom. The van der Waals surface area contributed by atoms with Crippen molar-refractivity contribution in [3.63, 3.8) is 0 Å². The molecule has 0 radical (unpaired) electrons. The van der Waals surface area contributed by atoms with Gasteiger partial charge in [-0.15, -0.1) is 0 Å². The highest BCUT2D eigenvalue weighted by atomic mass is 28.3. The van der Waals surface area contributed by atoms with Crippen molar-refractivity contribution < 1.29 is 0 Å². The summed E-state index contributed by atoms with van der Waals surface area (Å²) in [6, 6.07) is 64.9. The Morgan fingerprint density at radius 3 is 1.27 bits per heavy atom. The van der Waals surface area contributed by atoms with E-state index in [4.69, 9.17) is 0 Å². The molecule has 10 aromatic carbocycles. The number of rotatable bonds is 10. The summed E-state index contributed by atoms with van der Waals surface area (Å²) in [5.74, 6) is 0.305. The molecule has 63 heavy (non-hydrogen) atoms. The third-order valence-corrected chi connectivity index (χ3v) is 17.6. The molecule has 0 aliphatic carbocycles. The predicted octanol–water partition coefficient (Wildman–Crippen LogP) is 16.6. The van der Waals surface area contributed by atoms with Gasteiger partial charge in [0.05, 0.1) is 38.9 Å². The number of hydrogen-bond acceptors (Lipinski definition) is 2. The molecule has 0 atom stereocenters. The fraction of sp³-hybridized carbons (Fsp3) is 0.186. The molecule has 0 aliphatic heterocycles. The Labute approximate surface area is 375 Å². The van der Waals surface area contributed by atoms with E-state index in [2.05, 4.69) is 240 Å². The van der Waals surface area contributed by atoms with Crippen LogP contribution in [-0.4, -0.2) is 16.1 Å². The highest BCUT2D eigenvalue weighted by Crippen LogP contribution is 2.51. The molecule has 10 aromatic rings. The van der Waals surface area contributed by atoms with Crippen molar-refractivity contribution in [2.75, 3.05) is 9.80 Å². The fourth-order valence-corrected chi connectivity index (χ4v) is 12.4. The van der Waals surface area contributed by atoms with Crippen LogP contribution in [0, 0.1) is 0 Å². The minimum Gasteiger partial charge on any atom is -0.309 e. The maximum Gasteiger partial charge on any atom is 0.0775 e. The molecule has 10 rings (SSSR count). The van der Waals surface area contributed by atoms with Crippen LogP contribution >= 0.6 is 0 Å². The third kappa shape index (κ3) is 7.01. The zero-order chi connectivity index (χ0) is 43.8. The van der Waals surface area contributed by atoms with Crippen molar-refractivity contribution in [1.82, 2.24) is 0 Å². The molecule has 0 saturated carbocycles. The molecule has 2 nitrogen and oxygen atoms in total. The number of fused-ring (bicyclic) bond motifs is 2. The van der Waals surface area contributed by atoms with E-state index < -0.39 is 16.1 Å². The average molecular weight is 851 g/mol. The Bertz CT molecular complexity index is 3300. The lowest BCUT2D eigenvalue weighted by atomic mass is 9.85. The first-order chi connectivity index (χ1) is 30.3. The van der Waals surface area contributed by atoms with Gasteiger partial charge in [-0.2, -0.15) is 0 Å². The van der Waals surface area contributed by atoms with E-state index in [1.807, 2.05) is 0 Å². The van der Waals surface area contributed by atoms with Crippen LogP contribution in [0.4, 0.5) is 34.1 Å². The zero-order valence-electron chi connectivity index (χ0n) is 38.3. The quantitative estimate of drug-likeness (QED) is 0.0999. The Morgan fingerprint density at radius 1 is 0.397 bits per heavy atom. The summed E-state index contributed by atoms with van der Waals surface area (Å²) in [6.45, 7) is 21.6. The number of nitrogens with zero attached hydrogens (tertiary/aromatic N) is 2. The van der Waals surface area contributed by atoms with Crippen LogP contribution in [0.2, 0.25) is 39.3 Å². The summed E-state index contributed by atoms with van der Waals surface area (Å²) in [5, 5.41) is 15.8. The molecule has 0 aromatic heterocycles. The van der Waals surface area contributed by atoms with Gasteiger partial charge in [-0.3, -0.25) is 0 Å². The molecule has 0 bridgehead atoms. The van der Waals surface area contributed by atoms with E-state index in [1.54, 1.807) is 0 Å². The van der Waals surface area contributed by atoms with Gasteiger partial charge in [-0.25, -0.2) is 0 Å². The molecule has 0 unspecified atom stereocenters. The van der Waals surface area contributed by atoms with Crippen LogP contribution < -0.4 is 20.2 Å². The lowest BCUT2D eigenvalue weighted by Gasteiger charge is -2.32. The van der Waals surface area contributed by atoms with Crippen LogP contribution in [0.25, 0.3) is 53.9 Å². The van der Waals surface area contributed by atoms with Gasteiger partial charge >= 0.3 is 0 Å². The highest BCUT2D eigenvalue weighted by molar-refractivity contribution is 6.89. The molecule has 0 amide bonds. The van der Waals surface area contributed by atoms with Crippen LogP contribution in [0.15, 0.2) is 170 Å². The molecular weight excluding hydrogens is 793 g/mol. The summed E-state index contributed by atoms with van der Waals surface area (Å²) >= 11 is 0. The molecule has 312 valence electrons. The van der Waals surface area contributed by atoms with E-state index in [0.717, 1.165) is 6.42 Å². The summed E-state index contributed by atoms with van der Waals surface area (Å²) in [5.41, 5.74) is 9.90. The van der Waals surface area contributed by atoms with Crippen LogP contribution in [0.3, 0.4) is 0 Å². The second kappa shape index (κ2) is 15.5. The van der Waals surface area contributed by atoms with Gasteiger partial charge in [0.25, 0.3) is 0 Å². The minimum atomic E-state index is -1.53. The van der Waals surface area contributed by atoms with Crippen molar-refractivity contribution in [1.29, 1.82) is 0 Å². The standard InChI is InChI=1S/C59H58N2Si2/c1-10-40-37-56(60(43-25-29-45(30-26-43)62(4,5)6)54-23-15-19-41-17-11-13-21-47(41)54)51-36-34-50-53(39(2)3)38-57(52-35-33-49(40)58(51)59(50)52)61(44-27-31-46(32-28-44)63(7,8)9)55-24-16-20-42-18-12-14-22-48(42)55/h11-39H,10H2,1-9H3. The summed E-state index contributed by atoms with van der Waals surface area (Å²) in [4.78, 5) is 5.10. The maximum atomic E-state index is 2.55. The average Bonchev–Trinajstić information content (AvgIpc) is 3.28. The SMILES string of the molecule is CCc1cc(N(c2ccc([Si](C)(C)C)cc2)c2cccc3ccccc23)c2ccc3c(C(C)C)cc(N(c4ccc([Si](C)(C)C)cc4)c4cccc5ccccc45)c4ccc1c2c34. The fourth-order valence-electron chi connectivity index (χ4n) is 10.0. The van der Waals surface area contributed by atoms with Crippen LogP contribution in [0.1, 0.15) is 37.8 Å². The largest absolute Gasteiger partial charge is 0.309 e. The molecule has 0 heterocycles. The van der Waals surface area contributed by atoms with Gasteiger partial charge < -0.3 is 9.80 Å². The van der Waals surface area contributed by atoms with E-state index in [0.29, 0.717) is 5.92 Å². The van der Waals surface area contributed by atoms with E-state index >= 15 is 0 Å². The summed E-state index contributed by atoms with van der Waals surface area (Å²) < 4.78 is 0. The number of benzene rings is 10. The first kappa shape index (κ1) is 40.8. The normalized spacial score (nSPS) is 12.4. The monoisotopic (exact) mass is 850 g/mol. The van der Waals surface area contributed by atoms with Crippen molar-refractivity contribution in [2.24, 2.45) is 0 Å². The van der Waals surface area contributed by atoms with Gasteiger partial charge in [-0.1, -0.05) is 192 Å². The third-order valence-electron chi connectivity index (χ3n) is 13.5. The second-order valence-corrected chi connectivity index (χ2v) is 30.0. The van der Waals surface area contributed by atoms with Crippen LogP contribution in [-0.2, 0) is 6.42 Å². The van der Waals surface area contributed by atoms with Gasteiger partial charge in [0.1, 0.15) is 0 Å². The first-order valence-electron chi connectivity index (χ1n) is 22.9. The van der Waals surface area contributed by atoms with Crippen molar-refractivity contribution in [3.8, 4) is 0 Å². The zero-order valence-corrected chi connectivity index (χ0v) is 40.3. The van der Waals surface area contributed by atoms with Crippen LogP contribution in [0.5, 0.6) is 0 Å². The molecular formula is C59H58N2Si2. The first-order valence-corrected chi connectivity index (χ1v) is 29.9. The summed E-state index contributed by atoms with van der Waals surface area (Å²) in [7, 11) is -3.05. The molecule has 4 heteroatoms. The Hall–Kier alpha value is -6.21. The van der Waals surface area contributed by atoms with Crippen molar-refractivity contribution >= 4 is 115 Å². The van der Waals surface area contributed by atoms with Crippen molar-refractivity contribution in [2.45, 2.75) is 72.4 Å². The van der Waals surface area contributed by atoms with E-state index in [-0.39, 0.29) is 0 Å². The smallest absolute Gasteiger partial charge is 0.0775 e. The topological polar surface area (TPSA) is 6.48 Å². The molecule has 0 aliphatic rings. The highest BCUT2D eigenvalue weighted by Gasteiger charge is 2.27. The van der Waals surface area contributed by atoms with Gasteiger partial charge in [-0.05, 0) is 104 Å². The molecule has 0 spiro atoms. The summed E-state index contributed by atoms with van der Waals surface area (Å²) in [6.07, 6.45) is 0.925. The van der Waals surface area contributed by atoms with Gasteiger partial charge in [0.2, 0.25) is 0 Å². The number of anilines is 6. The molecule has 0 saturated heterocycles. The predicted molar refractivity (Wildman–Crippen MR) is 284 cm³/mol. The Balaban J connectivity index is 1.32. The molecule has 0 N–H and O–H groups in total. The minimum absolute atomic E-state index is 0.305. The van der Waals surface area contributed by atoms with Gasteiger partial charge in [0.15, 0.2) is 0 Å². The maximum absolute atomic E-state index is 2.55. The van der Waals surface area contributed by atoms with E-state index in [9.17, 15) is 0 Å². The number of aryl methyl sites for hydroxylation is 1. The molecule has 0 fully saturated rings. The second-order valence-electron chi connectivity index (χ2n) is 19.9. The van der Waals surface area contributed by atoms with E-state index in [1.165, 1.54) is 109 Å². The number of hydrogen-bond donors (Lipinski definition) is 0. The lowest BCUT2D eigenvalue weighted by molar-refractivity contribution is 0.876.